The van der Waals surface area contributed by atoms with Crippen LogP contribution in [0.1, 0.15) is 23.2 Å². The van der Waals surface area contributed by atoms with E-state index in [0.717, 1.165) is 11.8 Å². The minimum atomic E-state index is -0.576. The zero-order valence-electron chi connectivity index (χ0n) is 14.8. The lowest BCUT2D eigenvalue weighted by molar-refractivity contribution is -0.384. The average molecular weight is 403 g/mol. The average Bonchev–Trinajstić information content (AvgIpc) is 2.69. The zero-order chi connectivity index (χ0) is 20.3. The Morgan fingerprint density at radius 3 is 2.43 bits per heavy atom. The van der Waals surface area contributed by atoms with Gasteiger partial charge in [-0.3, -0.25) is 19.7 Å². The fourth-order valence-electron chi connectivity index (χ4n) is 3.07. The van der Waals surface area contributed by atoms with Gasteiger partial charge in [0.2, 0.25) is 5.91 Å². The lowest BCUT2D eigenvalue weighted by Crippen LogP contribution is -2.41. The maximum atomic E-state index is 14.0. The number of halogens is 1. The van der Waals surface area contributed by atoms with Crippen LogP contribution in [0.4, 0.5) is 10.1 Å². The third-order valence-electron chi connectivity index (χ3n) is 4.65. The molecule has 0 atom stereocenters. The summed E-state index contributed by atoms with van der Waals surface area (Å²) in [6.07, 6.45) is 0.900. The van der Waals surface area contributed by atoms with Crippen LogP contribution in [-0.2, 0) is 4.79 Å². The predicted octanol–water partition coefficient (Wildman–Crippen LogP) is 3.22. The smallest absolute Gasteiger partial charge is 0.270 e. The number of primary amides is 1. The van der Waals surface area contributed by atoms with Crippen molar-refractivity contribution in [3.8, 4) is 0 Å². The van der Waals surface area contributed by atoms with E-state index in [1.54, 1.807) is 23.1 Å². The van der Waals surface area contributed by atoms with Crippen LogP contribution in [0.3, 0.4) is 0 Å². The summed E-state index contributed by atoms with van der Waals surface area (Å²) in [5.74, 6) is -1.49. The Morgan fingerprint density at radius 1 is 1.14 bits per heavy atom. The molecule has 2 aromatic carbocycles. The number of rotatable bonds is 5. The van der Waals surface area contributed by atoms with Gasteiger partial charge in [0.05, 0.1) is 10.5 Å². The quantitative estimate of drug-likeness (QED) is 0.609. The van der Waals surface area contributed by atoms with Crippen LogP contribution in [-0.4, -0.2) is 34.7 Å². The van der Waals surface area contributed by atoms with E-state index < -0.39 is 16.6 Å². The molecule has 0 unspecified atom stereocenters. The van der Waals surface area contributed by atoms with Crippen LogP contribution in [0.5, 0.6) is 0 Å². The molecule has 0 aromatic heterocycles. The molecule has 1 aliphatic heterocycles. The second-order valence-corrected chi connectivity index (χ2v) is 7.52. The number of nitrogens with two attached hydrogens (primary N) is 1. The van der Waals surface area contributed by atoms with Crippen molar-refractivity contribution in [3.63, 3.8) is 0 Å². The van der Waals surface area contributed by atoms with E-state index in [2.05, 4.69) is 0 Å². The van der Waals surface area contributed by atoms with Gasteiger partial charge in [-0.15, -0.1) is 0 Å². The number of amides is 2. The number of likely N-dealkylation sites (tertiary alicyclic amines) is 1. The highest BCUT2D eigenvalue weighted by atomic mass is 32.2. The number of nitro benzene ring substituents is 1. The van der Waals surface area contributed by atoms with Gasteiger partial charge in [-0.1, -0.05) is 23.9 Å². The van der Waals surface area contributed by atoms with E-state index in [-0.39, 0.29) is 23.1 Å². The third kappa shape index (κ3) is 4.30. The summed E-state index contributed by atoms with van der Waals surface area (Å²) >= 11 is 1.04. The van der Waals surface area contributed by atoms with Crippen molar-refractivity contribution in [1.82, 2.24) is 4.90 Å². The Hall–Kier alpha value is -2.94. The predicted molar refractivity (Wildman–Crippen MR) is 101 cm³/mol. The van der Waals surface area contributed by atoms with Gasteiger partial charge >= 0.3 is 0 Å². The number of benzene rings is 2. The van der Waals surface area contributed by atoms with Gasteiger partial charge in [-0.25, -0.2) is 4.39 Å². The Morgan fingerprint density at radius 2 is 1.82 bits per heavy atom. The lowest BCUT2D eigenvalue weighted by Gasteiger charge is -2.31. The lowest BCUT2D eigenvalue weighted by atomic mass is 9.96. The van der Waals surface area contributed by atoms with E-state index in [4.69, 9.17) is 5.73 Å². The van der Waals surface area contributed by atoms with Crippen molar-refractivity contribution in [2.24, 2.45) is 11.7 Å². The molecule has 0 saturated carbocycles. The third-order valence-corrected chi connectivity index (χ3v) is 5.77. The van der Waals surface area contributed by atoms with Gasteiger partial charge in [0.1, 0.15) is 5.82 Å². The van der Waals surface area contributed by atoms with Gasteiger partial charge in [-0.2, -0.15) is 0 Å². The molecule has 1 heterocycles. The zero-order valence-corrected chi connectivity index (χ0v) is 15.7. The van der Waals surface area contributed by atoms with E-state index in [1.165, 1.54) is 24.3 Å². The van der Waals surface area contributed by atoms with E-state index in [9.17, 15) is 24.1 Å². The highest BCUT2D eigenvalue weighted by Gasteiger charge is 2.28. The summed E-state index contributed by atoms with van der Waals surface area (Å²) in [4.78, 5) is 37.2. The van der Waals surface area contributed by atoms with Crippen molar-refractivity contribution in [1.29, 1.82) is 0 Å². The van der Waals surface area contributed by atoms with Crippen molar-refractivity contribution in [3.05, 3.63) is 64.0 Å². The highest BCUT2D eigenvalue weighted by molar-refractivity contribution is 7.99. The van der Waals surface area contributed by atoms with E-state index >= 15 is 0 Å². The van der Waals surface area contributed by atoms with E-state index in [0.29, 0.717) is 35.7 Å². The van der Waals surface area contributed by atoms with Crippen molar-refractivity contribution < 1.29 is 18.9 Å². The van der Waals surface area contributed by atoms with Crippen LogP contribution in [0.2, 0.25) is 0 Å². The number of carbonyl (C=O) groups is 2. The molecule has 0 aliphatic carbocycles. The molecular weight excluding hydrogens is 385 g/mol. The highest BCUT2D eigenvalue weighted by Crippen LogP contribution is 2.35. The number of nitro groups is 1. The summed E-state index contributed by atoms with van der Waals surface area (Å²) in [5.41, 5.74) is 5.25. The molecule has 0 bridgehead atoms. The van der Waals surface area contributed by atoms with Gasteiger partial charge in [-0.05, 0) is 31.0 Å². The molecule has 0 spiro atoms. The van der Waals surface area contributed by atoms with Crippen molar-refractivity contribution in [2.75, 3.05) is 13.1 Å². The SMILES string of the molecule is NC(=O)C1CCN(C(=O)c2cc([N+](=O)[O-])ccc2Sc2ccccc2F)CC1. The van der Waals surface area contributed by atoms with Crippen LogP contribution >= 0.6 is 11.8 Å². The summed E-state index contributed by atoms with van der Waals surface area (Å²) in [7, 11) is 0. The normalized spacial score (nSPS) is 14.7. The van der Waals surface area contributed by atoms with Crippen molar-refractivity contribution >= 4 is 29.3 Å². The minimum Gasteiger partial charge on any atom is -0.369 e. The number of non-ortho nitro benzene ring substituents is 1. The fraction of sp³-hybridized carbons (Fsp3) is 0.263. The molecule has 7 nitrogen and oxygen atoms in total. The molecule has 2 aromatic rings. The van der Waals surface area contributed by atoms with Crippen LogP contribution in [0.25, 0.3) is 0 Å². The second kappa shape index (κ2) is 8.39. The van der Waals surface area contributed by atoms with Crippen LogP contribution in [0, 0.1) is 21.8 Å². The first-order valence-electron chi connectivity index (χ1n) is 8.66. The summed E-state index contributed by atoms with van der Waals surface area (Å²) in [6.45, 7) is 0.665. The van der Waals surface area contributed by atoms with Gasteiger partial charge in [0, 0.05) is 40.9 Å². The van der Waals surface area contributed by atoms with Gasteiger partial charge < -0.3 is 10.6 Å². The molecule has 0 radical (unpaired) electrons. The number of hydrogen-bond acceptors (Lipinski definition) is 5. The maximum Gasteiger partial charge on any atom is 0.270 e. The van der Waals surface area contributed by atoms with E-state index in [1.807, 2.05) is 0 Å². The molecule has 146 valence electrons. The Kier molecular flexibility index (Phi) is 5.93. The largest absolute Gasteiger partial charge is 0.369 e. The molecule has 9 heteroatoms. The fourth-order valence-corrected chi connectivity index (χ4v) is 4.01. The summed E-state index contributed by atoms with van der Waals surface area (Å²) in [6, 6.07) is 10.1. The summed E-state index contributed by atoms with van der Waals surface area (Å²) < 4.78 is 14.0. The Labute approximate surface area is 164 Å². The summed E-state index contributed by atoms with van der Waals surface area (Å²) in [5, 5.41) is 11.2. The van der Waals surface area contributed by atoms with Crippen LogP contribution in [0.15, 0.2) is 52.3 Å². The molecular formula is C19H18FN3O4S. The maximum absolute atomic E-state index is 14.0. The second-order valence-electron chi connectivity index (χ2n) is 6.44. The molecule has 3 rings (SSSR count). The standard InChI is InChI=1S/C19H18FN3O4S/c20-15-3-1-2-4-17(15)28-16-6-5-13(23(26)27)11-14(16)19(25)22-9-7-12(8-10-22)18(21)24/h1-6,11-12H,7-10H2,(H2,21,24). The molecule has 2 N–H and O–H groups in total. The first-order valence-corrected chi connectivity index (χ1v) is 9.48. The molecule has 1 aliphatic rings. The first-order chi connectivity index (χ1) is 13.4. The van der Waals surface area contributed by atoms with Crippen LogP contribution < -0.4 is 5.73 Å². The molecule has 1 fully saturated rings. The number of carbonyl (C=O) groups excluding carboxylic acids is 2. The number of nitrogens with zero attached hydrogens (tertiary/aromatic N) is 2. The topological polar surface area (TPSA) is 107 Å². The number of piperidine rings is 1. The van der Waals surface area contributed by atoms with Gasteiger partial charge in [0.15, 0.2) is 0 Å². The monoisotopic (exact) mass is 403 g/mol. The Bertz CT molecular complexity index is 929. The molecule has 28 heavy (non-hydrogen) atoms. The van der Waals surface area contributed by atoms with Crippen molar-refractivity contribution in [2.45, 2.75) is 22.6 Å². The molecule has 1 saturated heterocycles. The minimum absolute atomic E-state index is 0.139. The van der Waals surface area contributed by atoms with Gasteiger partial charge in [0.25, 0.3) is 11.6 Å². The first kappa shape index (κ1) is 19.8. The molecule has 2 amide bonds. The Balaban J connectivity index is 1.90. The number of hydrogen-bond donors (Lipinski definition) is 1.